The first-order valence-electron chi connectivity index (χ1n) is 11.7. The van der Waals surface area contributed by atoms with Gasteiger partial charge >= 0.3 is 5.97 Å². The number of carbonyl (C=O) groups is 1. The van der Waals surface area contributed by atoms with Crippen molar-refractivity contribution in [2.45, 2.75) is 77.0 Å². The Kier molecular flexibility index (Phi) is 7.36. The predicted molar refractivity (Wildman–Crippen MR) is 124 cm³/mol. The van der Waals surface area contributed by atoms with Gasteiger partial charge < -0.3 is 20.4 Å². The fourth-order valence-electron chi connectivity index (χ4n) is 4.81. The number of aromatic nitrogens is 2. The van der Waals surface area contributed by atoms with Gasteiger partial charge in [0.1, 0.15) is 5.41 Å². The van der Waals surface area contributed by atoms with Crippen molar-refractivity contribution in [2.24, 2.45) is 17.6 Å². The molecule has 32 heavy (non-hydrogen) atoms. The van der Waals surface area contributed by atoms with Gasteiger partial charge in [0, 0.05) is 12.1 Å². The molecule has 3 N–H and O–H groups in total. The Morgan fingerprint density at radius 1 is 1.41 bits per heavy atom. The van der Waals surface area contributed by atoms with Gasteiger partial charge in [0.25, 0.3) is 0 Å². The van der Waals surface area contributed by atoms with Crippen LogP contribution in [0.15, 0.2) is 40.1 Å². The molecule has 174 valence electrons. The summed E-state index contributed by atoms with van der Waals surface area (Å²) in [7, 11) is 0. The monoisotopic (exact) mass is 440 g/mol. The van der Waals surface area contributed by atoms with Crippen LogP contribution in [0, 0.1) is 17.2 Å². The van der Waals surface area contributed by atoms with Crippen molar-refractivity contribution in [1.29, 1.82) is 5.41 Å². The van der Waals surface area contributed by atoms with Gasteiger partial charge in [-0.1, -0.05) is 56.5 Å². The summed E-state index contributed by atoms with van der Waals surface area (Å²) in [4.78, 5) is 17.8. The lowest BCUT2D eigenvalue weighted by atomic mass is 9.69. The molecule has 0 bridgehead atoms. The number of ether oxygens (including phenoxy) is 1. The van der Waals surface area contributed by atoms with E-state index in [9.17, 15) is 4.79 Å². The Bertz CT molecular complexity index is 921. The van der Waals surface area contributed by atoms with Crippen LogP contribution in [-0.2, 0) is 20.4 Å². The minimum absolute atomic E-state index is 0.0906. The maximum Gasteiger partial charge on any atom is 0.321 e. The van der Waals surface area contributed by atoms with E-state index in [1.54, 1.807) is 0 Å². The molecule has 2 atom stereocenters. The molecule has 0 amide bonds. The summed E-state index contributed by atoms with van der Waals surface area (Å²) in [6, 6.07) is 0. The van der Waals surface area contributed by atoms with E-state index in [-0.39, 0.29) is 17.8 Å². The zero-order valence-corrected chi connectivity index (χ0v) is 19.7. The van der Waals surface area contributed by atoms with Gasteiger partial charge in [-0.2, -0.15) is 4.98 Å². The predicted octanol–water partition coefficient (Wildman–Crippen LogP) is 4.74. The molecule has 0 radical (unpaired) electrons. The maximum atomic E-state index is 13.0. The van der Waals surface area contributed by atoms with Crippen LogP contribution < -0.4 is 5.73 Å². The number of allylic oxidation sites excluding steroid dienone is 5. The van der Waals surface area contributed by atoms with Crippen LogP contribution >= 0.6 is 0 Å². The first kappa shape index (κ1) is 24.0. The van der Waals surface area contributed by atoms with Gasteiger partial charge in [0.2, 0.25) is 5.89 Å². The number of carbonyl (C=O) groups excluding carboxylic acids is 1. The largest absolute Gasteiger partial charge is 0.465 e. The SMILES string of the molecule is CCOC(=O)C1(c2nc(C(C)(C3=CCC(/C(C=N)=C/N)C=C3)C(C)C)no2)CCCCC1. The number of rotatable bonds is 8. The van der Waals surface area contributed by atoms with Crippen LogP contribution in [0.2, 0.25) is 0 Å². The molecule has 0 aliphatic heterocycles. The fraction of sp³-hybridized carbons (Fsp3) is 0.600. The van der Waals surface area contributed by atoms with Crippen LogP contribution in [0.5, 0.6) is 0 Å². The highest BCUT2D eigenvalue weighted by Gasteiger charge is 2.49. The van der Waals surface area contributed by atoms with Crippen molar-refractivity contribution in [3.8, 4) is 0 Å². The van der Waals surface area contributed by atoms with Gasteiger partial charge in [-0.25, -0.2) is 0 Å². The highest BCUT2D eigenvalue weighted by Crippen LogP contribution is 2.44. The van der Waals surface area contributed by atoms with E-state index in [2.05, 4.69) is 44.2 Å². The average molecular weight is 441 g/mol. The molecule has 2 aliphatic rings. The lowest BCUT2D eigenvalue weighted by molar-refractivity contribution is -0.152. The Morgan fingerprint density at radius 2 is 2.12 bits per heavy atom. The van der Waals surface area contributed by atoms with E-state index in [1.165, 1.54) is 12.4 Å². The molecule has 7 heteroatoms. The molecule has 1 aromatic heterocycles. The normalized spacial score (nSPS) is 22.8. The number of esters is 1. The van der Waals surface area contributed by atoms with E-state index in [1.807, 2.05) is 6.92 Å². The molecule has 1 fully saturated rings. The Hall–Kier alpha value is -2.70. The lowest BCUT2D eigenvalue weighted by Crippen LogP contribution is -2.40. The summed E-state index contributed by atoms with van der Waals surface area (Å²) in [5, 5.41) is 12.0. The van der Waals surface area contributed by atoms with Crippen molar-refractivity contribution in [1.82, 2.24) is 10.1 Å². The Balaban J connectivity index is 1.96. The third kappa shape index (κ3) is 4.17. The molecule has 2 unspecified atom stereocenters. The zero-order chi connectivity index (χ0) is 23.4. The molecule has 7 nitrogen and oxygen atoms in total. The quantitative estimate of drug-likeness (QED) is 0.445. The first-order valence-corrected chi connectivity index (χ1v) is 11.7. The van der Waals surface area contributed by atoms with Crippen molar-refractivity contribution in [2.75, 3.05) is 6.61 Å². The minimum Gasteiger partial charge on any atom is -0.465 e. The summed E-state index contributed by atoms with van der Waals surface area (Å²) in [6.45, 7) is 8.56. The van der Waals surface area contributed by atoms with E-state index < -0.39 is 10.8 Å². The number of nitrogens with two attached hydrogens (primary N) is 1. The standard InChI is InChI=1S/C25H36N4O3/c1-5-31-23(30)25(13-7-6-8-14-25)22-28-21(29-32-22)24(4,17(2)3)20-11-9-18(10-12-20)19(15-26)16-27/h9,11-12,15-18,26H,5-8,10,13-14,27H2,1-4H3/b19-16+,26-15?. The third-order valence-corrected chi connectivity index (χ3v) is 7.31. The van der Waals surface area contributed by atoms with Gasteiger partial charge in [-0.05, 0) is 56.4 Å². The van der Waals surface area contributed by atoms with Crippen LogP contribution in [0.3, 0.4) is 0 Å². The summed E-state index contributed by atoms with van der Waals surface area (Å²) in [6.07, 6.45) is 14.2. The third-order valence-electron chi connectivity index (χ3n) is 7.31. The molecule has 0 aromatic carbocycles. The van der Waals surface area contributed by atoms with Crippen molar-refractivity contribution < 1.29 is 14.1 Å². The molecule has 1 saturated carbocycles. The molecule has 0 saturated heterocycles. The molecule has 1 heterocycles. The molecular weight excluding hydrogens is 404 g/mol. The van der Waals surface area contributed by atoms with Crippen LogP contribution in [-0.4, -0.2) is 28.9 Å². The highest BCUT2D eigenvalue weighted by atomic mass is 16.5. The molecule has 2 aliphatic carbocycles. The Morgan fingerprint density at radius 3 is 2.66 bits per heavy atom. The number of nitrogens with zero attached hydrogens (tertiary/aromatic N) is 2. The number of hydrogen-bond acceptors (Lipinski definition) is 7. The van der Waals surface area contributed by atoms with E-state index in [0.717, 1.165) is 36.8 Å². The van der Waals surface area contributed by atoms with Gasteiger partial charge in [-0.3, -0.25) is 4.79 Å². The smallest absolute Gasteiger partial charge is 0.321 e. The lowest BCUT2D eigenvalue weighted by Gasteiger charge is -2.34. The highest BCUT2D eigenvalue weighted by molar-refractivity contribution is 5.82. The number of hydrogen-bond donors (Lipinski definition) is 2. The van der Waals surface area contributed by atoms with Crippen LogP contribution in [0.1, 0.15) is 77.9 Å². The van der Waals surface area contributed by atoms with E-state index >= 15 is 0 Å². The Labute approximate surface area is 190 Å². The second-order valence-corrected chi connectivity index (χ2v) is 9.32. The van der Waals surface area contributed by atoms with Gasteiger partial charge in [-0.15, -0.1) is 0 Å². The maximum absolute atomic E-state index is 13.0. The molecule has 0 spiro atoms. The van der Waals surface area contributed by atoms with Gasteiger partial charge in [0.05, 0.1) is 12.0 Å². The number of nitrogens with one attached hydrogen (secondary N) is 1. The van der Waals surface area contributed by atoms with E-state index in [0.29, 0.717) is 31.2 Å². The van der Waals surface area contributed by atoms with Crippen molar-refractivity contribution >= 4 is 12.2 Å². The molecule has 3 rings (SSSR count). The molecule has 1 aromatic rings. The fourth-order valence-corrected chi connectivity index (χ4v) is 4.81. The molecular formula is C25H36N4O3. The average Bonchev–Trinajstić information content (AvgIpc) is 3.31. The first-order chi connectivity index (χ1) is 15.3. The second kappa shape index (κ2) is 9.84. The summed E-state index contributed by atoms with van der Waals surface area (Å²) in [5.41, 5.74) is 6.24. The van der Waals surface area contributed by atoms with Crippen molar-refractivity contribution in [3.05, 3.63) is 47.3 Å². The minimum atomic E-state index is -0.843. The van der Waals surface area contributed by atoms with Gasteiger partial charge in [0.15, 0.2) is 5.82 Å². The topological polar surface area (TPSA) is 115 Å². The summed E-state index contributed by atoms with van der Waals surface area (Å²) >= 11 is 0. The summed E-state index contributed by atoms with van der Waals surface area (Å²) < 4.78 is 11.2. The van der Waals surface area contributed by atoms with E-state index in [4.69, 9.17) is 25.4 Å². The van der Waals surface area contributed by atoms with Crippen LogP contribution in [0.25, 0.3) is 0 Å². The van der Waals surface area contributed by atoms with Crippen molar-refractivity contribution in [3.63, 3.8) is 0 Å². The second-order valence-electron chi connectivity index (χ2n) is 9.32. The summed E-state index contributed by atoms with van der Waals surface area (Å²) in [5.74, 6) is 1.000. The van der Waals surface area contributed by atoms with Crippen LogP contribution in [0.4, 0.5) is 0 Å². The zero-order valence-electron chi connectivity index (χ0n) is 19.7.